The first-order valence-corrected chi connectivity index (χ1v) is 0. The summed E-state index contributed by atoms with van der Waals surface area (Å²) >= 11 is 0. The zero-order valence-electron chi connectivity index (χ0n) is 23.5. The fourth-order valence-corrected chi connectivity index (χ4v) is 0. The molecule has 0 saturated carbocycles. The molecule has 6 N–H and O–H groups in total. The Morgan fingerprint density at radius 2 is 0.214 bits per heavy atom. The molecule has 0 aliphatic rings. The summed E-state index contributed by atoms with van der Waals surface area (Å²) in [6.45, 7) is 0. The van der Waals surface area contributed by atoms with E-state index in [1.165, 1.54) is 0 Å². The van der Waals surface area contributed by atoms with Gasteiger partial charge in [0.15, 0.2) is 0 Å². The van der Waals surface area contributed by atoms with Crippen molar-refractivity contribution in [2.24, 2.45) is 0 Å². The summed E-state index contributed by atoms with van der Waals surface area (Å²) in [5, 5.41) is 0. The SMILES string of the molecule is O.O.O.[H-].[H-].[H-].[H-].[H-].[H-].[H-].[H-].[H-].[H-].[H-].[K+].[K+].[K+].[K+].[K+].[K+].[K+].[K+].[K+].[K+].[K+]. The van der Waals surface area contributed by atoms with Crippen molar-refractivity contribution < 1.29 is 597 Å². The second-order valence-corrected chi connectivity index (χ2v) is 0. The Morgan fingerprint density at radius 3 is 0.214 bits per heavy atom. The van der Waals surface area contributed by atoms with Gasteiger partial charge in [0.2, 0.25) is 0 Å². The largest absolute Gasteiger partial charge is 1.00 e. The summed E-state index contributed by atoms with van der Waals surface area (Å²) in [6.07, 6.45) is 0. The van der Waals surface area contributed by atoms with E-state index in [-0.39, 0.29) is 597 Å². The van der Waals surface area contributed by atoms with Crippen molar-refractivity contribution >= 4 is 0 Å². The van der Waals surface area contributed by atoms with Gasteiger partial charge in [-0.15, -0.1) is 0 Å². The van der Waals surface area contributed by atoms with Gasteiger partial charge in [-0.3, -0.25) is 0 Å². The van der Waals surface area contributed by atoms with E-state index in [1.807, 2.05) is 0 Å². The van der Waals surface area contributed by atoms with Gasteiger partial charge in [0, 0.05) is 0 Å². The van der Waals surface area contributed by atoms with Crippen LogP contribution < -0.4 is 565 Å². The fraction of sp³-hybridized carbons (Fsp3) is 0. The Morgan fingerprint density at radius 1 is 0.214 bits per heavy atom. The summed E-state index contributed by atoms with van der Waals surface area (Å²) in [4.78, 5) is 0. The molecule has 46 valence electrons. The third kappa shape index (κ3) is 78.0. The first-order chi connectivity index (χ1) is 0. The van der Waals surface area contributed by atoms with Crippen LogP contribution in [0.3, 0.4) is 0 Å². The van der Waals surface area contributed by atoms with E-state index < -0.39 is 0 Å². The van der Waals surface area contributed by atoms with E-state index in [2.05, 4.69) is 0 Å². The van der Waals surface area contributed by atoms with Crippen molar-refractivity contribution in [2.75, 3.05) is 0 Å². The molecule has 0 aliphatic heterocycles. The van der Waals surface area contributed by atoms with Gasteiger partial charge in [0.05, 0.1) is 0 Å². The molecule has 0 aliphatic carbocycles. The van der Waals surface area contributed by atoms with Crippen molar-refractivity contribution in [3.8, 4) is 0 Å². The van der Waals surface area contributed by atoms with Crippen LogP contribution in [0.2, 0.25) is 0 Å². The molecule has 0 spiro atoms. The Kier molecular flexibility index (Phi) is 586. The molecule has 14 heavy (non-hydrogen) atoms. The monoisotopic (exact) mass is 494 g/mol. The summed E-state index contributed by atoms with van der Waals surface area (Å²) in [7, 11) is 0. The maximum absolute atomic E-state index is 0. The Labute approximate surface area is 572 Å². The third-order valence-corrected chi connectivity index (χ3v) is 0. The van der Waals surface area contributed by atoms with E-state index in [4.69, 9.17) is 0 Å². The number of hydrogen-bond donors (Lipinski definition) is 0. The normalized spacial score (nSPS) is 0. The van der Waals surface area contributed by atoms with Gasteiger partial charge in [0.1, 0.15) is 0 Å². The van der Waals surface area contributed by atoms with E-state index in [1.54, 1.807) is 0 Å². The number of rotatable bonds is 0. The van der Waals surface area contributed by atoms with Crippen LogP contribution in [0.1, 0.15) is 15.7 Å². The smallest absolute Gasteiger partial charge is 1.00 e. The van der Waals surface area contributed by atoms with Crippen molar-refractivity contribution in [3.63, 3.8) is 0 Å². The van der Waals surface area contributed by atoms with E-state index in [0.29, 0.717) is 0 Å². The van der Waals surface area contributed by atoms with Crippen LogP contribution in [0.4, 0.5) is 0 Å². The first kappa shape index (κ1) is 95.1. The molecule has 0 aromatic heterocycles. The molecule has 0 aromatic rings. The van der Waals surface area contributed by atoms with Gasteiger partial charge in [-0.2, -0.15) is 0 Å². The maximum Gasteiger partial charge on any atom is 1.00 e. The van der Waals surface area contributed by atoms with Gasteiger partial charge >= 0.3 is 565 Å². The van der Waals surface area contributed by atoms with E-state index in [0.717, 1.165) is 0 Å². The second kappa shape index (κ2) is 86.2. The predicted octanol–water partition coefficient (Wildman–Crippen LogP) is -34.2. The van der Waals surface area contributed by atoms with Crippen LogP contribution in [0.15, 0.2) is 0 Å². The maximum atomic E-state index is 0. The molecule has 0 atom stereocenters. The molecule has 0 aromatic carbocycles. The van der Waals surface area contributed by atoms with E-state index in [9.17, 15) is 0 Å². The molecule has 0 amide bonds. The van der Waals surface area contributed by atoms with Crippen LogP contribution in [-0.2, 0) is 0 Å². The summed E-state index contributed by atoms with van der Waals surface area (Å²) in [6, 6.07) is 0. The van der Waals surface area contributed by atoms with Crippen molar-refractivity contribution in [2.45, 2.75) is 0 Å². The minimum absolute atomic E-state index is 0. The van der Waals surface area contributed by atoms with Crippen LogP contribution >= 0.6 is 0 Å². The van der Waals surface area contributed by atoms with Crippen LogP contribution in [-0.4, -0.2) is 16.4 Å². The average molecular weight is 495 g/mol. The van der Waals surface area contributed by atoms with Gasteiger partial charge < -0.3 is 32.1 Å². The molecule has 3 nitrogen and oxygen atoms in total. The molecule has 0 heterocycles. The predicted molar refractivity (Wildman–Crippen MR) is 23.1 cm³/mol. The average Bonchev–Trinajstić information content (AvgIpc) is 0. The zero-order valence-corrected chi connectivity index (χ0v) is 46.9. The molecule has 0 fully saturated rings. The van der Waals surface area contributed by atoms with Crippen molar-refractivity contribution in [1.29, 1.82) is 0 Å². The van der Waals surface area contributed by atoms with E-state index >= 15 is 0 Å². The summed E-state index contributed by atoms with van der Waals surface area (Å²) < 4.78 is 0. The molecular formula is H17K11O3. The molecular weight excluding hydrogens is 478 g/mol. The summed E-state index contributed by atoms with van der Waals surface area (Å²) in [5.41, 5.74) is 0. The molecule has 0 bridgehead atoms. The minimum Gasteiger partial charge on any atom is -1.00 e. The minimum atomic E-state index is 0. The third-order valence-electron chi connectivity index (χ3n) is 0. The van der Waals surface area contributed by atoms with Crippen LogP contribution in [0, 0.1) is 0 Å². The van der Waals surface area contributed by atoms with Crippen LogP contribution in [0.5, 0.6) is 0 Å². The second-order valence-electron chi connectivity index (χ2n) is 0. The summed E-state index contributed by atoms with van der Waals surface area (Å²) in [5.74, 6) is 0. The fourth-order valence-electron chi connectivity index (χ4n) is 0. The zero-order chi connectivity index (χ0) is 0. The quantitative estimate of drug-likeness (QED) is 0.299. The molecule has 14 heteroatoms. The van der Waals surface area contributed by atoms with Crippen molar-refractivity contribution in [1.82, 2.24) is 0 Å². The van der Waals surface area contributed by atoms with Crippen LogP contribution in [0.25, 0.3) is 0 Å². The van der Waals surface area contributed by atoms with Gasteiger partial charge in [-0.05, 0) is 0 Å². The topological polar surface area (TPSA) is 94.5 Å². The van der Waals surface area contributed by atoms with Gasteiger partial charge in [-0.25, -0.2) is 0 Å². The number of hydrogen-bond acceptors (Lipinski definition) is 0. The Hall–Kier alpha value is 17.9. The Balaban J connectivity index is 0. The van der Waals surface area contributed by atoms with Gasteiger partial charge in [0.25, 0.3) is 0 Å². The Bertz CT molecular complexity index is 35.2. The standard InChI is InChI=1S/11K.3H2O.11H/h;;;;;;;;;;;3*1H2;;;;;;;;;;;/q11*+1;;;;11*-1. The molecule has 0 radical (unpaired) electrons. The molecule has 0 saturated heterocycles. The van der Waals surface area contributed by atoms with Crippen molar-refractivity contribution in [3.05, 3.63) is 0 Å². The van der Waals surface area contributed by atoms with Gasteiger partial charge in [-0.1, -0.05) is 0 Å². The molecule has 0 rings (SSSR count). The molecule has 0 unspecified atom stereocenters. The first-order valence-electron chi connectivity index (χ1n) is 0.